The van der Waals surface area contributed by atoms with Crippen molar-refractivity contribution in [1.29, 1.82) is 0 Å². The molecule has 2 nitrogen and oxygen atoms in total. The fourth-order valence-electron chi connectivity index (χ4n) is 2.87. The molecular formula is C15H23Cl2F3N2. The summed E-state index contributed by atoms with van der Waals surface area (Å²) in [6.07, 6.45) is -4.93. The molecular weight excluding hydrogens is 336 g/mol. The number of benzene rings is 1. The molecule has 1 aliphatic rings. The second kappa shape index (κ2) is 8.96. The van der Waals surface area contributed by atoms with Gasteiger partial charge in [0.2, 0.25) is 0 Å². The van der Waals surface area contributed by atoms with Crippen LogP contribution in [-0.4, -0.2) is 37.3 Å². The lowest BCUT2D eigenvalue weighted by molar-refractivity contribution is -0.148. The summed E-state index contributed by atoms with van der Waals surface area (Å²) in [4.78, 5) is 1.94. The maximum Gasteiger partial charge on any atom is 0.390 e. The van der Waals surface area contributed by atoms with Crippen LogP contribution in [0.4, 0.5) is 13.2 Å². The largest absolute Gasteiger partial charge is 0.390 e. The number of aryl methyl sites for hydroxylation is 2. The molecule has 1 aromatic carbocycles. The molecule has 7 heteroatoms. The van der Waals surface area contributed by atoms with Crippen LogP contribution in [0.5, 0.6) is 0 Å². The summed E-state index contributed by atoms with van der Waals surface area (Å²) in [6.45, 7) is 6.68. The van der Waals surface area contributed by atoms with Crippen LogP contribution in [0, 0.1) is 13.8 Å². The second-order valence-electron chi connectivity index (χ2n) is 5.54. The molecule has 0 aromatic heterocycles. The average molecular weight is 359 g/mol. The van der Waals surface area contributed by atoms with Crippen LogP contribution >= 0.6 is 24.8 Å². The minimum absolute atomic E-state index is 0. The lowest BCUT2D eigenvalue weighted by atomic mass is 9.97. The van der Waals surface area contributed by atoms with Gasteiger partial charge < -0.3 is 5.32 Å². The molecule has 0 spiro atoms. The molecule has 128 valence electrons. The van der Waals surface area contributed by atoms with Crippen LogP contribution in [0.2, 0.25) is 0 Å². The Kier molecular flexibility index (Phi) is 8.77. The van der Waals surface area contributed by atoms with Gasteiger partial charge in [-0.15, -0.1) is 24.8 Å². The molecule has 0 radical (unpaired) electrons. The molecule has 1 N–H and O–H groups in total. The maximum absolute atomic E-state index is 12.9. The van der Waals surface area contributed by atoms with Gasteiger partial charge in [0.15, 0.2) is 0 Å². The van der Waals surface area contributed by atoms with E-state index < -0.39 is 18.6 Å². The van der Waals surface area contributed by atoms with Crippen LogP contribution in [0.25, 0.3) is 0 Å². The number of halogens is 5. The normalized spacial score (nSPS) is 17.3. The third kappa shape index (κ3) is 6.32. The zero-order chi connectivity index (χ0) is 14.8. The van der Waals surface area contributed by atoms with Gasteiger partial charge in [0.05, 0.1) is 6.42 Å². The zero-order valence-corrected chi connectivity index (χ0v) is 14.4. The summed E-state index contributed by atoms with van der Waals surface area (Å²) < 4.78 is 38.7. The minimum Gasteiger partial charge on any atom is -0.314 e. The van der Waals surface area contributed by atoms with Crippen LogP contribution < -0.4 is 5.32 Å². The highest BCUT2D eigenvalue weighted by molar-refractivity contribution is 5.85. The van der Waals surface area contributed by atoms with Gasteiger partial charge in [0.25, 0.3) is 0 Å². The molecule has 1 aromatic rings. The first-order chi connectivity index (χ1) is 9.35. The van der Waals surface area contributed by atoms with Crippen molar-refractivity contribution in [3.05, 3.63) is 34.9 Å². The molecule has 1 aliphatic heterocycles. The van der Waals surface area contributed by atoms with Gasteiger partial charge in [-0.1, -0.05) is 29.3 Å². The van der Waals surface area contributed by atoms with Gasteiger partial charge >= 0.3 is 6.18 Å². The van der Waals surface area contributed by atoms with E-state index in [2.05, 4.69) is 5.32 Å². The molecule has 1 fully saturated rings. The third-order valence-corrected chi connectivity index (χ3v) is 3.65. The number of nitrogens with zero attached hydrogens (tertiary/aromatic N) is 1. The van der Waals surface area contributed by atoms with E-state index in [1.807, 2.05) is 36.9 Å². The predicted molar refractivity (Wildman–Crippen MR) is 88.3 cm³/mol. The molecule has 2 rings (SSSR count). The number of rotatable bonds is 3. The summed E-state index contributed by atoms with van der Waals surface area (Å²) in [5.74, 6) is 0. The molecule has 1 saturated heterocycles. The van der Waals surface area contributed by atoms with Crippen molar-refractivity contribution in [1.82, 2.24) is 10.2 Å². The number of hydrogen-bond donors (Lipinski definition) is 1. The van der Waals surface area contributed by atoms with Crippen molar-refractivity contribution < 1.29 is 13.2 Å². The van der Waals surface area contributed by atoms with Gasteiger partial charge in [0.1, 0.15) is 0 Å². The van der Waals surface area contributed by atoms with Crippen molar-refractivity contribution in [3.8, 4) is 0 Å². The molecule has 0 unspecified atom stereocenters. The number of alkyl halides is 3. The Morgan fingerprint density at radius 2 is 1.55 bits per heavy atom. The van der Waals surface area contributed by atoms with E-state index in [0.29, 0.717) is 13.1 Å². The highest BCUT2D eigenvalue weighted by atomic mass is 35.5. The molecule has 0 amide bonds. The van der Waals surface area contributed by atoms with E-state index in [4.69, 9.17) is 0 Å². The fourth-order valence-corrected chi connectivity index (χ4v) is 2.87. The van der Waals surface area contributed by atoms with E-state index in [9.17, 15) is 13.2 Å². The van der Waals surface area contributed by atoms with E-state index in [1.165, 1.54) is 0 Å². The molecule has 1 heterocycles. The topological polar surface area (TPSA) is 15.3 Å². The Balaban J connectivity index is 0.00000220. The lowest BCUT2D eigenvalue weighted by Gasteiger charge is -2.36. The summed E-state index contributed by atoms with van der Waals surface area (Å²) >= 11 is 0. The minimum atomic E-state index is -4.15. The molecule has 1 atom stereocenters. The Hall–Kier alpha value is -0.490. The van der Waals surface area contributed by atoms with Gasteiger partial charge in [-0.2, -0.15) is 13.2 Å². The van der Waals surface area contributed by atoms with Gasteiger partial charge in [-0.05, 0) is 19.4 Å². The van der Waals surface area contributed by atoms with Gasteiger partial charge in [-0.25, -0.2) is 0 Å². The number of piperazine rings is 1. The average Bonchev–Trinajstić information content (AvgIpc) is 2.35. The highest BCUT2D eigenvalue weighted by Gasteiger charge is 2.36. The second-order valence-corrected chi connectivity index (χ2v) is 5.54. The van der Waals surface area contributed by atoms with Crippen molar-refractivity contribution in [3.63, 3.8) is 0 Å². The molecule has 22 heavy (non-hydrogen) atoms. The zero-order valence-electron chi connectivity index (χ0n) is 12.7. The standard InChI is InChI=1S/C15H21F3N2.2ClH/c1-11-7-12(2)9-13(8-11)14(10-15(16,17)18)20-5-3-19-4-6-20;;/h7-9,14,19H,3-6,10H2,1-2H3;2*1H/t14-;;/m0../s1. The quantitative estimate of drug-likeness (QED) is 0.876. The fraction of sp³-hybridized carbons (Fsp3) is 0.600. The Labute approximate surface area is 142 Å². The summed E-state index contributed by atoms with van der Waals surface area (Å²) in [5.41, 5.74) is 2.81. The van der Waals surface area contributed by atoms with E-state index in [0.717, 1.165) is 29.8 Å². The third-order valence-electron chi connectivity index (χ3n) is 3.65. The van der Waals surface area contributed by atoms with Crippen LogP contribution in [0.1, 0.15) is 29.2 Å². The highest BCUT2D eigenvalue weighted by Crippen LogP contribution is 2.34. The summed E-state index contributed by atoms with van der Waals surface area (Å²) in [6, 6.07) is 5.18. The van der Waals surface area contributed by atoms with E-state index in [1.54, 1.807) is 0 Å². The lowest BCUT2D eigenvalue weighted by Crippen LogP contribution is -2.46. The Morgan fingerprint density at radius 1 is 1.05 bits per heavy atom. The van der Waals surface area contributed by atoms with E-state index in [-0.39, 0.29) is 24.8 Å². The van der Waals surface area contributed by atoms with Crippen molar-refractivity contribution >= 4 is 24.8 Å². The molecule has 0 saturated carbocycles. The Bertz CT molecular complexity index is 440. The first-order valence-electron chi connectivity index (χ1n) is 6.95. The molecule has 0 bridgehead atoms. The monoisotopic (exact) mass is 358 g/mol. The maximum atomic E-state index is 12.9. The summed E-state index contributed by atoms with van der Waals surface area (Å²) in [7, 11) is 0. The van der Waals surface area contributed by atoms with E-state index >= 15 is 0 Å². The van der Waals surface area contributed by atoms with Crippen molar-refractivity contribution in [2.45, 2.75) is 32.5 Å². The number of nitrogens with one attached hydrogen (secondary N) is 1. The van der Waals surface area contributed by atoms with Crippen molar-refractivity contribution in [2.24, 2.45) is 0 Å². The number of hydrogen-bond acceptors (Lipinski definition) is 2. The van der Waals surface area contributed by atoms with Crippen LogP contribution in [0.15, 0.2) is 18.2 Å². The Morgan fingerprint density at radius 3 is 2.00 bits per heavy atom. The van der Waals surface area contributed by atoms with Gasteiger partial charge in [-0.3, -0.25) is 4.90 Å². The van der Waals surface area contributed by atoms with Crippen LogP contribution in [-0.2, 0) is 0 Å². The SMILES string of the molecule is Cc1cc(C)cc([C@H](CC(F)(F)F)N2CCNCC2)c1.Cl.Cl. The van der Waals surface area contributed by atoms with Crippen LogP contribution in [0.3, 0.4) is 0 Å². The van der Waals surface area contributed by atoms with Crippen molar-refractivity contribution in [2.75, 3.05) is 26.2 Å². The smallest absolute Gasteiger partial charge is 0.314 e. The first kappa shape index (κ1) is 21.5. The summed E-state index contributed by atoms with van der Waals surface area (Å²) in [5, 5.41) is 3.18. The first-order valence-corrected chi connectivity index (χ1v) is 6.95. The van der Waals surface area contributed by atoms with Gasteiger partial charge in [0, 0.05) is 32.2 Å². The predicted octanol–water partition coefficient (Wildman–Crippen LogP) is 4.05. The molecule has 0 aliphatic carbocycles.